The van der Waals surface area contributed by atoms with Crippen molar-refractivity contribution >= 4 is 10.0 Å². The first-order valence-electron chi connectivity index (χ1n) is 7.86. The average Bonchev–Trinajstić information content (AvgIpc) is 3.16. The number of aromatic nitrogens is 1. The van der Waals surface area contributed by atoms with Crippen LogP contribution in [-0.4, -0.2) is 41.0 Å². The Kier molecular flexibility index (Phi) is 4.96. The van der Waals surface area contributed by atoms with Crippen LogP contribution in [0.3, 0.4) is 0 Å². The maximum atomic E-state index is 12.6. The van der Waals surface area contributed by atoms with Crippen molar-refractivity contribution in [1.29, 1.82) is 0 Å². The minimum Gasteiger partial charge on any atom is -0.392 e. The Morgan fingerprint density at radius 3 is 2.46 bits per heavy atom. The number of nitrogens with zero attached hydrogens (tertiary/aromatic N) is 2. The summed E-state index contributed by atoms with van der Waals surface area (Å²) in [6.45, 7) is 0.687. The van der Waals surface area contributed by atoms with Crippen LogP contribution in [0.2, 0.25) is 0 Å². The van der Waals surface area contributed by atoms with Crippen molar-refractivity contribution in [1.82, 2.24) is 9.29 Å². The van der Waals surface area contributed by atoms with Gasteiger partial charge in [0.05, 0.1) is 23.8 Å². The number of rotatable bonds is 5. The topological polar surface area (TPSA) is 90.7 Å². The van der Waals surface area contributed by atoms with E-state index in [2.05, 4.69) is 4.98 Å². The van der Waals surface area contributed by atoms with E-state index in [1.54, 1.807) is 30.5 Å². The van der Waals surface area contributed by atoms with Crippen molar-refractivity contribution in [3.8, 4) is 11.3 Å². The Balaban J connectivity index is 2.02. The Hall–Kier alpha value is -1.80. The fraction of sp³-hybridized carbons (Fsp3) is 0.353. The van der Waals surface area contributed by atoms with Gasteiger partial charge in [-0.3, -0.25) is 4.98 Å². The maximum absolute atomic E-state index is 12.6. The monoisotopic (exact) mass is 348 g/mol. The van der Waals surface area contributed by atoms with E-state index in [-0.39, 0.29) is 18.1 Å². The Labute approximate surface area is 141 Å². The molecule has 2 N–H and O–H groups in total. The number of pyridine rings is 1. The van der Waals surface area contributed by atoms with Gasteiger partial charge in [-0.1, -0.05) is 6.07 Å². The zero-order valence-corrected chi connectivity index (χ0v) is 14.0. The number of aliphatic hydroxyl groups is 2. The molecule has 1 fully saturated rings. The van der Waals surface area contributed by atoms with Crippen molar-refractivity contribution in [3.63, 3.8) is 0 Å². The first-order chi connectivity index (χ1) is 11.6. The molecule has 6 nitrogen and oxygen atoms in total. The minimum absolute atomic E-state index is 0.106. The van der Waals surface area contributed by atoms with Crippen LogP contribution in [0.15, 0.2) is 41.4 Å². The SMILES string of the molecule is O=S(=O)(c1ccc(-c2cc(CO)ccn2)c(CO)c1)N1CCCC1. The molecule has 1 aromatic heterocycles. The smallest absolute Gasteiger partial charge is 0.243 e. The van der Waals surface area contributed by atoms with Crippen LogP contribution in [0.4, 0.5) is 0 Å². The van der Waals surface area contributed by atoms with Gasteiger partial charge in [-0.25, -0.2) is 8.42 Å². The zero-order valence-electron chi connectivity index (χ0n) is 13.2. The second-order valence-electron chi connectivity index (χ2n) is 5.80. The van der Waals surface area contributed by atoms with Gasteiger partial charge in [-0.05, 0) is 48.2 Å². The van der Waals surface area contributed by atoms with Crippen LogP contribution in [0, 0.1) is 0 Å². The van der Waals surface area contributed by atoms with E-state index in [1.807, 2.05) is 0 Å². The minimum atomic E-state index is -3.52. The van der Waals surface area contributed by atoms with Gasteiger partial charge in [0.15, 0.2) is 0 Å². The normalized spacial score (nSPS) is 15.8. The maximum Gasteiger partial charge on any atom is 0.243 e. The summed E-state index contributed by atoms with van der Waals surface area (Å²) < 4.78 is 26.8. The van der Waals surface area contributed by atoms with Crippen LogP contribution < -0.4 is 0 Å². The molecule has 0 amide bonds. The summed E-state index contributed by atoms with van der Waals surface area (Å²) in [4.78, 5) is 4.44. The van der Waals surface area contributed by atoms with Crippen LogP contribution in [0.5, 0.6) is 0 Å². The Morgan fingerprint density at radius 1 is 1.04 bits per heavy atom. The molecule has 128 valence electrons. The van der Waals surface area contributed by atoms with Crippen LogP contribution >= 0.6 is 0 Å². The molecule has 1 aromatic carbocycles. The van der Waals surface area contributed by atoms with Crippen LogP contribution in [0.1, 0.15) is 24.0 Å². The molecule has 0 radical (unpaired) electrons. The molecule has 0 unspecified atom stereocenters. The third-order valence-corrected chi connectivity index (χ3v) is 6.13. The van der Waals surface area contributed by atoms with E-state index in [0.29, 0.717) is 35.5 Å². The molecule has 2 aromatic rings. The molecule has 7 heteroatoms. The number of hydrogen-bond donors (Lipinski definition) is 2. The number of hydrogen-bond acceptors (Lipinski definition) is 5. The molecule has 0 atom stereocenters. The highest BCUT2D eigenvalue weighted by atomic mass is 32.2. The van der Waals surface area contributed by atoms with E-state index in [4.69, 9.17) is 0 Å². The fourth-order valence-electron chi connectivity index (χ4n) is 2.91. The lowest BCUT2D eigenvalue weighted by Crippen LogP contribution is -2.27. The summed E-state index contributed by atoms with van der Waals surface area (Å²) in [6.07, 6.45) is 3.33. The first-order valence-corrected chi connectivity index (χ1v) is 9.30. The molecule has 0 bridgehead atoms. The molecule has 1 aliphatic rings. The van der Waals surface area contributed by atoms with E-state index >= 15 is 0 Å². The highest BCUT2D eigenvalue weighted by Gasteiger charge is 2.27. The van der Waals surface area contributed by atoms with Crippen molar-refractivity contribution in [2.75, 3.05) is 13.1 Å². The lowest BCUT2D eigenvalue weighted by atomic mass is 10.0. The highest BCUT2D eigenvalue weighted by molar-refractivity contribution is 7.89. The molecular formula is C17H20N2O4S. The van der Waals surface area contributed by atoms with Gasteiger partial charge in [0, 0.05) is 24.8 Å². The molecule has 3 rings (SSSR count). The molecule has 1 aliphatic heterocycles. The quantitative estimate of drug-likeness (QED) is 0.855. The predicted octanol–water partition coefficient (Wildman–Crippen LogP) is 1.52. The largest absolute Gasteiger partial charge is 0.392 e. The van der Waals surface area contributed by atoms with E-state index in [1.165, 1.54) is 10.4 Å². The van der Waals surface area contributed by atoms with Crippen LogP contribution in [0.25, 0.3) is 11.3 Å². The summed E-state index contributed by atoms with van der Waals surface area (Å²) in [6, 6.07) is 8.15. The summed E-state index contributed by atoms with van der Waals surface area (Å²) in [5.41, 5.74) is 2.46. The zero-order chi connectivity index (χ0) is 17.2. The highest BCUT2D eigenvalue weighted by Crippen LogP contribution is 2.28. The summed E-state index contributed by atoms with van der Waals surface area (Å²) in [7, 11) is -3.52. The van der Waals surface area contributed by atoms with Gasteiger partial charge in [0.1, 0.15) is 0 Å². The van der Waals surface area contributed by atoms with Gasteiger partial charge in [0.25, 0.3) is 0 Å². The predicted molar refractivity (Wildman–Crippen MR) is 89.5 cm³/mol. The van der Waals surface area contributed by atoms with Gasteiger partial charge < -0.3 is 10.2 Å². The lowest BCUT2D eigenvalue weighted by Gasteiger charge is -2.17. The second kappa shape index (κ2) is 6.98. The van der Waals surface area contributed by atoms with E-state index in [9.17, 15) is 18.6 Å². The average molecular weight is 348 g/mol. The van der Waals surface area contributed by atoms with Gasteiger partial charge in [-0.15, -0.1) is 0 Å². The number of benzene rings is 1. The van der Waals surface area contributed by atoms with Crippen molar-refractivity contribution in [2.24, 2.45) is 0 Å². The van der Waals surface area contributed by atoms with E-state index < -0.39 is 10.0 Å². The molecule has 2 heterocycles. The van der Waals surface area contributed by atoms with Crippen molar-refractivity contribution < 1.29 is 18.6 Å². The fourth-order valence-corrected chi connectivity index (χ4v) is 4.48. The lowest BCUT2D eigenvalue weighted by molar-refractivity contribution is 0.281. The summed E-state index contributed by atoms with van der Waals surface area (Å²) in [5, 5.41) is 18.9. The van der Waals surface area contributed by atoms with Crippen LogP contribution in [-0.2, 0) is 23.2 Å². The number of aliphatic hydroxyl groups excluding tert-OH is 2. The van der Waals surface area contributed by atoms with E-state index in [0.717, 1.165) is 12.8 Å². The molecule has 1 saturated heterocycles. The standard InChI is InChI=1S/C17H20N2O4S/c20-11-13-5-6-18-17(9-13)16-4-3-15(10-14(16)12-21)24(22,23)19-7-1-2-8-19/h3-6,9-10,20-21H,1-2,7-8,11-12H2. The first kappa shape index (κ1) is 17.0. The Bertz CT molecular complexity index is 830. The number of sulfonamides is 1. The second-order valence-corrected chi connectivity index (χ2v) is 7.73. The van der Waals surface area contributed by atoms with Gasteiger partial charge in [0.2, 0.25) is 10.0 Å². The third kappa shape index (κ3) is 3.21. The summed E-state index contributed by atoms with van der Waals surface area (Å²) in [5.74, 6) is 0. The Morgan fingerprint density at radius 2 is 1.79 bits per heavy atom. The molecule has 0 saturated carbocycles. The van der Waals surface area contributed by atoms with Gasteiger partial charge >= 0.3 is 0 Å². The molecule has 24 heavy (non-hydrogen) atoms. The molecule has 0 aliphatic carbocycles. The third-order valence-electron chi connectivity index (χ3n) is 4.23. The van der Waals surface area contributed by atoms with Crippen molar-refractivity contribution in [2.45, 2.75) is 31.0 Å². The van der Waals surface area contributed by atoms with Crippen molar-refractivity contribution in [3.05, 3.63) is 47.7 Å². The summed E-state index contributed by atoms with van der Waals surface area (Å²) >= 11 is 0. The van der Waals surface area contributed by atoms with Gasteiger partial charge in [-0.2, -0.15) is 4.31 Å². The molecule has 0 spiro atoms. The molecular weight excluding hydrogens is 328 g/mol.